The van der Waals surface area contributed by atoms with E-state index in [1.54, 1.807) is 0 Å². The van der Waals surface area contributed by atoms with Gasteiger partial charge in [-0.25, -0.2) is 9.78 Å². The van der Waals surface area contributed by atoms with E-state index in [4.69, 9.17) is 28.3 Å². The van der Waals surface area contributed by atoms with E-state index in [1.807, 2.05) is 0 Å². The minimum Gasteiger partial charge on any atom is -0.368 e. The molecule has 0 aliphatic carbocycles. The van der Waals surface area contributed by atoms with Crippen molar-refractivity contribution < 1.29 is 14.9 Å². The van der Waals surface area contributed by atoms with Gasteiger partial charge < -0.3 is 5.11 Å². The quantitative estimate of drug-likeness (QED) is 0.285. The van der Waals surface area contributed by atoms with Gasteiger partial charge in [-0.05, 0) is 0 Å². The summed E-state index contributed by atoms with van der Waals surface area (Å²) in [5, 5.41) is 7.96. The fourth-order valence-electron chi connectivity index (χ4n) is 0.130. The van der Waals surface area contributed by atoms with Crippen LogP contribution in [-0.2, 0) is 9.78 Å². The van der Waals surface area contributed by atoms with Gasteiger partial charge in [0.1, 0.15) is 0 Å². The van der Waals surface area contributed by atoms with E-state index in [1.165, 1.54) is 0 Å². The molecule has 0 fully saturated rings. The summed E-state index contributed by atoms with van der Waals surface area (Å²) in [7, 11) is 0. The Morgan fingerprint density at radius 3 is 2.62 bits per heavy atom. The van der Waals surface area contributed by atoms with Gasteiger partial charge in [-0.1, -0.05) is 11.6 Å². The van der Waals surface area contributed by atoms with Crippen LogP contribution in [0.25, 0.3) is 0 Å². The van der Waals surface area contributed by atoms with Crippen LogP contribution < -0.4 is 0 Å². The third kappa shape index (κ3) is 4.61. The van der Waals surface area contributed by atoms with Crippen molar-refractivity contribution in [3.05, 3.63) is 0 Å². The zero-order chi connectivity index (χ0) is 6.41. The lowest BCUT2D eigenvalue weighted by Crippen LogP contribution is -2.07. The summed E-state index contributed by atoms with van der Waals surface area (Å²) in [5.41, 5.74) is -0.691. The third-order valence-corrected chi connectivity index (χ3v) is 1.01. The fraction of sp³-hybridized carbons (Fsp3) is 1.00. The number of rotatable bonds is 4. The van der Waals surface area contributed by atoms with Gasteiger partial charge in [0.25, 0.3) is 0 Å². The SMILES string of the molecule is OCOOC(Cl)CCl. The molecule has 0 aliphatic rings. The molecule has 5 heteroatoms. The van der Waals surface area contributed by atoms with Gasteiger partial charge in [-0.3, -0.25) is 0 Å². The average Bonchev–Trinajstić information content (AvgIpc) is 1.83. The van der Waals surface area contributed by atoms with Gasteiger partial charge >= 0.3 is 0 Å². The molecule has 0 aliphatic heterocycles. The van der Waals surface area contributed by atoms with Gasteiger partial charge in [-0.15, -0.1) is 11.6 Å². The predicted octanol–water partition coefficient (Wildman–Crippen LogP) is 0.688. The summed E-state index contributed by atoms with van der Waals surface area (Å²) >= 11 is 10.4. The normalized spacial score (nSPS) is 13.9. The van der Waals surface area contributed by atoms with Crippen molar-refractivity contribution >= 4 is 23.2 Å². The number of alkyl halides is 2. The first kappa shape index (κ1) is 8.46. The summed E-state index contributed by atoms with van der Waals surface area (Å²) in [4.78, 5) is 8.25. The van der Waals surface area contributed by atoms with Gasteiger partial charge in [0.05, 0.1) is 5.88 Å². The van der Waals surface area contributed by atoms with E-state index >= 15 is 0 Å². The average molecular weight is 161 g/mol. The highest BCUT2D eigenvalue weighted by Gasteiger charge is 2.00. The lowest BCUT2D eigenvalue weighted by atomic mass is 10.9. The molecule has 0 aromatic carbocycles. The number of aliphatic hydroxyl groups excluding tert-OH is 1. The van der Waals surface area contributed by atoms with Crippen molar-refractivity contribution in [3.63, 3.8) is 0 Å². The molecule has 0 saturated carbocycles. The monoisotopic (exact) mass is 160 g/mol. The maximum Gasteiger partial charge on any atom is 0.179 e. The molecule has 0 aromatic heterocycles. The molecular weight excluding hydrogens is 155 g/mol. The van der Waals surface area contributed by atoms with Crippen LogP contribution in [0.3, 0.4) is 0 Å². The first-order valence-electron chi connectivity index (χ1n) is 1.90. The molecule has 0 spiro atoms. The second-order valence-corrected chi connectivity index (χ2v) is 1.70. The molecule has 1 N–H and O–H groups in total. The highest BCUT2D eigenvalue weighted by atomic mass is 35.5. The van der Waals surface area contributed by atoms with Crippen molar-refractivity contribution in [2.75, 3.05) is 12.7 Å². The Kier molecular flexibility index (Phi) is 5.92. The van der Waals surface area contributed by atoms with Gasteiger partial charge in [0.15, 0.2) is 12.4 Å². The van der Waals surface area contributed by atoms with Gasteiger partial charge in [-0.2, -0.15) is 0 Å². The number of hydrogen-bond acceptors (Lipinski definition) is 3. The molecule has 1 atom stereocenters. The highest BCUT2D eigenvalue weighted by molar-refractivity contribution is 6.27. The summed E-state index contributed by atoms with van der Waals surface area (Å²) < 4.78 is 0. The largest absolute Gasteiger partial charge is 0.368 e. The highest BCUT2D eigenvalue weighted by Crippen LogP contribution is 1.99. The Bertz CT molecular complexity index is 51.8. The molecule has 0 saturated heterocycles. The predicted molar refractivity (Wildman–Crippen MR) is 29.6 cm³/mol. The maximum atomic E-state index is 7.96. The lowest BCUT2D eigenvalue weighted by Gasteiger charge is -2.02. The van der Waals surface area contributed by atoms with Crippen molar-refractivity contribution in [2.24, 2.45) is 0 Å². The molecule has 8 heavy (non-hydrogen) atoms. The Hall–Kier alpha value is 0.460. The summed E-state index contributed by atoms with van der Waals surface area (Å²) in [6, 6.07) is 0. The van der Waals surface area contributed by atoms with Crippen LogP contribution >= 0.6 is 23.2 Å². The second kappa shape index (κ2) is 5.59. The number of aliphatic hydroxyl groups is 1. The standard InChI is InChI=1S/C3H6Cl2O3/c4-1-3(5)8-7-2-6/h3,6H,1-2H2. The van der Waals surface area contributed by atoms with Crippen molar-refractivity contribution in [3.8, 4) is 0 Å². The first-order chi connectivity index (χ1) is 3.81. The van der Waals surface area contributed by atoms with Crippen LogP contribution in [0.15, 0.2) is 0 Å². The molecule has 1 unspecified atom stereocenters. The van der Waals surface area contributed by atoms with Crippen LogP contribution in [-0.4, -0.2) is 23.3 Å². The van der Waals surface area contributed by atoms with E-state index < -0.39 is 12.4 Å². The minimum absolute atomic E-state index is 0.127. The Labute approximate surface area is 57.0 Å². The molecule has 0 aromatic rings. The van der Waals surface area contributed by atoms with Crippen LogP contribution in [0.2, 0.25) is 0 Å². The van der Waals surface area contributed by atoms with Crippen LogP contribution in [0, 0.1) is 0 Å². The summed E-state index contributed by atoms with van der Waals surface area (Å²) in [6.45, 7) is -0.514. The first-order valence-corrected chi connectivity index (χ1v) is 2.87. The molecular formula is C3H6Cl2O3. The Morgan fingerprint density at radius 1 is 1.62 bits per heavy atom. The van der Waals surface area contributed by atoms with Crippen molar-refractivity contribution in [2.45, 2.75) is 5.56 Å². The molecule has 50 valence electrons. The third-order valence-electron chi connectivity index (χ3n) is 0.346. The number of halogens is 2. The lowest BCUT2D eigenvalue weighted by molar-refractivity contribution is -0.335. The molecule has 3 nitrogen and oxygen atoms in total. The Morgan fingerprint density at radius 2 is 2.25 bits per heavy atom. The molecule has 0 rings (SSSR count). The topological polar surface area (TPSA) is 38.7 Å². The fourth-order valence-corrected chi connectivity index (χ4v) is 0.233. The minimum atomic E-state index is -0.691. The van der Waals surface area contributed by atoms with E-state index in [0.717, 1.165) is 0 Å². The summed E-state index contributed by atoms with van der Waals surface area (Å²) in [6.07, 6.45) is 0. The van der Waals surface area contributed by atoms with Crippen LogP contribution in [0.1, 0.15) is 0 Å². The van der Waals surface area contributed by atoms with Crippen LogP contribution in [0.5, 0.6) is 0 Å². The molecule has 0 heterocycles. The Balaban J connectivity index is 2.86. The van der Waals surface area contributed by atoms with Gasteiger partial charge in [0.2, 0.25) is 0 Å². The van der Waals surface area contributed by atoms with Gasteiger partial charge in [0, 0.05) is 0 Å². The zero-order valence-electron chi connectivity index (χ0n) is 4.01. The van der Waals surface area contributed by atoms with Crippen LogP contribution in [0.4, 0.5) is 0 Å². The number of hydrogen-bond donors (Lipinski definition) is 1. The van der Waals surface area contributed by atoms with Crippen molar-refractivity contribution in [1.29, 1.82) is 0 Å². The van der Waals surface area contributed by atoms with E-state index in [0.29, 0.717) is 0 Å². The van der Waals surface area contributed by atoms with Crippen molar-refractivity contribution in [1.82, 2.24) is 0 Å². The van der Waals surface area contributed by atoms with E-state index in [2.05, 4.69) is 9.78 Å². The maximum absolute atomic E-state index is 7.96. The molecule has 0 amide bonds. The van der Waals surface area contributed by atoms with E-state index in [-0.39, 0.29) is 5.88 Å². The molecule has 0 bridgehead atoms. The zero-order valence-corrected chi connectivity index (χ0v) is 5.52. The van der Waals surface area contributed by atoms with E-state index in [9.17, 15) is 0 Å². The second-order valence-electron chi connectivity index (χ2n) is 0.908. The summed E-state index contributed by atoms with van der Waals surface area (Å²) in [5.74, 6) is 0.127. The smallest absolute Gasteiger partial charge is 0.179 e. The molecule has 0 radical (unpaired) electrons.